The predicted octanol–water partition coefficient (Wildman–Crippen LogP) is 5.11. The van der Waals surface area contributed by atoms with Crippen molar-refractivity contribution in [3.05, 3.63) is 64.1 Å². The van der Waals surface area contributed by atoms with Crippen molar-refractivity contribution < 1.29 is 14.3 Å². The zero-order valence-corrected chi connectivity index (χ0v) is 18.3. The van der Waals surface area contributed by atoms with Gasteiger partial charge in [0.2, 0.25) is 0 Å². The van der Waals surface area contributed by atoms with E-state index < -0.39 is 5.97 Å². The number of carbonyl (C=O) groups is 2. The van der Waals surface area contributed by atoms with Crippen LogP contribution >= 0.6 is 35.0 Å². The van der Waals surface area contributed by atoms with Gasteiger partial charge >= 0.3 is 5.97 Å². The number of piperidine rings is 1. The quantitative estimate of drug-likeness (QED) is 0.433. The minimum absolute atomic E-state index is 0.0759. The molecule has 2 aromatic rings. The van der Waals surface area contributed by atoms with Crippen molar-refractivity contribution in [2.24, 2.45) is 5.92 Å². The zero-order valence-electron chi connectivity index (χ0n) is 16.0. The number of carbonyl (C=O) groups excluding carboxylic acids is 2. The molecule has 154 valence electrons. The number of esters is 1. The van der Waals surface area contributed by atoms with Gasteiger partial charge in [-0.3, -0.25) is 9.59 Å². The second kappa shape index (κ2) is 10.9. The minimum Gasteiger partial charge on any atom is -0.455 e. The molecule has 0 aliphatic carbocycles. The molecule has 0 bridgehead atoms. The van der Waals surface area contributed by atoms with E-state index in [0.717, 1.165) is 19.3 Å². The van der Waals surface area contributed by atoms with E-state index in [0.29, 0.717) is 33.9 Å². The molecular formula is C22H23Cl2NO3S. The summed E-state index contributed by atoms with van der Waals surface area (Å²) in [5, 5.41) is 1.08. The maximum absolute atomic E-state index is 12.3. The Morgan fingerprint density at radius 1 is 1.07 bits per heavy atom. The van der Waals surface area contributed by atoms with Crippen LogP contribution in [0, 0.1) is 5.92 Å². The number of hydrogen-bond acceptors (Lipinski definition) is 4. The van der Waals surface area contributed by atoms with E-state index in [1.54, 1.807) is 23.1 Å². The molecule has 3 rings (SSSR count). The summed E-state index contributed by atoms with van der Waals surface area (Å²) in [6.45, 7) is 1.20. The van der Waals surface area contributed by atoms with Crippen LogP contribution < -0.4 is 0 Å². The molecule has 1 saturated heterocycles. The molecule has 0 unspecified atom stereocenters. The summed E-state index contributed by atoms with van der Waals surface area (Å²) in [7, 11) is 0. The minimum atomic E-state index is -0.446. The number of halogens is 2. The third-order valence-corrected chi connectivity index (χ3v) is 6.64. The van der Waals surface area contributed by atoms with E-state index in [1.165, 1.54) is 17.3 Å². The predicted molar refractivity (Wildman–Crippen MR) is 118 cm³/mol. The average Bonchev–Trinajstić information content (AvgIpc) is 2.74. The van der Waals surface area contributed by atoms with Gasteiger partial charge in [0.15, 0.2) is 6.61 Å². The maximum Gasteiger partial charge on any atom is 0.316 e. The van der Waals surface area contributed by atoms with E-state index in [1.807, 2.05) is 6.07 Å². The number of likely N-dealkylation sites (tertiary alicyclic amines) is 1. The van der Waals surface area contributed by atoms with Crippen LogP contribution in [0.4, 0.5) is 0 Å². The number of nitrogens with zero attached hydrogens (tertiary/aromatic N) is 1. The van der Waals surface area contributed by atoms with Crippen LogP contribution in [0.25, 0.3) is 0 Å². The number of hydrogen-bond donors (Lipinski definition) is 0. The molecule has 1 amide bonds. The Hall–Kier alpha value is -1.69. The van der Waals surface area contributed by atoms with Gasteiger partial charge < -0.3 is 9.64 Å². The Morgan fingerprint density at radius 2 is 1.79 bits per heavy atom. The average molecular weight is 452 g/mol. The fourth-order valence-electron chi connectivity index (χ4n) is 3.33. The topological polar surface area (TPSA) is 46.6 Å². The van der Waals surface area contributed by atoms with Crippen LogP contribution in [-0.4, -0.2) is 42.2 Å². The standard InChI is InChI=1S/C22H23Cl2NO3S/c23-18-6-7-19(24)20(13-18)29-15-22(27)28-14-21(26)25-10-8-17(9-11-25)12-16-4-2-1-3-5-16/h1-7,13,17H,8-12,14-15H2. The molecule has 0 atom stereocenters. The number of amides is 1. The van der Waals surface area contributed by atoms with Gasteiger partial charge in [-0.15, -0.1) is 11.8 Å². The number of ether oxygens (including phenoxy) is 1. The van der Waals surface area contributed by atoms with Crippen molar-refractivity contribution in [2.75, 3.05) is 25.4 Å². The Bertz CT molecular complexity index is 839. The fourth-order valence-corrected chi connectivity index (χ4v) is 4.62. The summed E-state index contributed by atoms with van der Waals surface area (Å²) in [4.78, 5) is 26.8. The number of benzene rings is 2. The van der Waals surface area contributed by atoms with Crippen LogP contribution in [0.5, 0.6) is 0 Å². The highest BCUT2D eigenvalue weighted by molar-refractivity contribution is 8.00. The Balaban J connectivity index is 1.36. The van der Waals surface area contributed by atoms with Gasteiger partial charge in [0.25, 0.3) is 5.91 Å². The first-order chi connectivity index (χ1) is 14.0. The Kier molecular flexibility index (Phi) is 8.28. The number of thioether (sulfide) groups is 1. The monoisotopic (exact) mass is 451 g/mol. The van der Waals surface area contributed by atoms with Crippen molar-refractivity contribution in [1.29, 1.82) is 0 Å². The lowest BCUT2D eigenvalue weighted by Gasteiger charge is -2.32. The SMILES string of the molecule is O=C(CSc1cc(Cl)ccc1Cl)OCC(=O)N1CCC(Cc2ccccc2)CC1. The largest absolute Gasteiger partial charge is 0.455 e. The molecule has 1 aliphatic heterocycles. The van der Waals surface area contributed by atoms with Gasteiger partial charge in [0.05, 0.1) is 10.8 Å². The summed E-state index contributed by atoms with van der Waals surface area (Å²) in [6.07, 6.45) is 2.98. The van der Waals surface area contributed by atoms with Crippen LogP contribution in [0.3, 0.4) is 0 Å². The maximum atomic E-state index is 12.3. The molecule has 0 N–H and O–H groups in total. The smallest absolute Gasteiger partial charge is 0.316 e. The summed E-state index contributed by atoms with van der Waals surface area (Å²) in [6, 6.07) is 15.5. The van der Waals surface area contributed by atoms with Crippen LogP contribution in [-0.2, 0) is 20.7 Å². The van der Waals surface area contributed by atoms with Crippen LogP contribution in [0.1, 0.15) is 18.4 Å². The van der Waals surface area contributed by atoms with Crippen molar-refractivity contribution >= 4 is 46.8 Å². The van der Waals surface area contributed by atoms with Crippen molar-refractivity contribution in [3.63, 3.8) is 0 Å². The third-order valence-electron chi connectivity index (χ3n) is 4.93. The molecule has 1 aliphatic rings. The lowest BCUT2D eigenvalue weighted by atomic mass is 9.90. The summed E-state index contributed by atoms with van der Waals surface area (Å²) in [5.74, 6) is 0.0791. The van der Waals surface area contributed by atoms with Crippen molar-refractivity contribution in [2.45, 2.75) is 24.2 Å². The normalized spacial score (nSPS) is 14.6. The van der Waals surface area contributed by atoms with E-state index in [-0.39, 0.29) is 18.3 Å². The Labute approximate surface area is 185 Å². The van der Waals surface area contributed by atoms with E-state index in [4.69, 9.17) is 27.9 Å². The van der Waals surface area contributed by atoms with Crippen molar-refractivity contribution in [3.8, 4) is 0 Å². The van der Waals surface area contributed by atoms with Crippen LogP contribution in [0.2, 0.25) is 10.0 Å². The summed E-state index contributed by atoms with van der Waals surface area (Å²) >= 11 is 13.3. The molecule has 1 fully saturated rings. The van der Waals surface area contributed by atoms with Crippen LogP contribution in [0.15, 0.2) is 53.4 Å². The van der Waals surface area contributed by atoms with Gasteiger partial charge in [-0.1, -0.05) is 53.5 Å². The molecule has 1 heterocycles. The Morgan fingerprint density at radius 3 is 2.52 bits per heavy atom. The molecular weight excluding hydrogens is 429 g/mol. The van der Waals surface area contributed by atoms with Crippen molar-refractivity contribution in [1.82, 2.24) is 4.90 Å². The van der Waals surface area contributed by atoms with E-state index in [2.05, 4.69) is 24.3 Å². The molecule has 0 saturated carbocycles. The molecule has 4 nitrogen and oxygen atoms in total. The molecule has 29 heavy (non-hydrogen) atoms. The van der Waals surface area contributed by atoms with Gasteiger partial charge in [-0.25, -0.2) is 0 Å². The lowest BCUT2D eigenvalue weighted by molar-refractivity contribution is -0.150. The van der Waals surface area contributed by atoms with E-state index >= 15 is 0 Å². The molecule has 2 aromatic carbocycles. The van der Waals surface area contributed by atoms with Gasteiger partial charge in [0.1, 0.15) is 0 Å². The fraction of sp³-hybridized carbons (Fsp3) is 0.364. The first-order valence-corrected chi connectivity index (χ1v) is 11.3. The molecule has 7 heteroatoms. The summed E-state index contributed by atoms with van der Waals surface area (Å²) < 4.78 is 5.14. The van der Waals surface area contributed by atoms with E-state index in [9.17, 15) is 9.59 Å². The molecule has 0 radical (unpaired) electrons. The second-order valence-electron chi connectivity index (χ2n) is 7.04. The second-order valence-corrected chi connectivity index (χ2v) is 8.90. The highest BCUT2D eigenvalue weighted by Crippen LogP contribution is 2.29. The number of rotatable bonds is 7. The summed E-state index contributed by atoms with van der Waals surface area (Å²) in [5.41, 5.74) is 1.34. The highest BCUT2D eigenvalue weighted by Gasteiger charge is 2.23. The molecule has 0 spiro atoms. The lowest BCUT2D eigenvalue weighted by Crippen LogP contribution is -2.41. The first-order valence-electron chi connectivity index (χ1n) is 9.56. The van der Waals surface area contributed by atoms with Gasteiger partial charge in [-0.05, 0) is 48.9 Å². The molecule has 0 aromatic heterocycles. The van der Waals surface area contributed by atoms with Gasteiger partial charge in [-0.2, -0.15) is 0 Å². The third kappa shape index (κ3) is 6.95. The zero-order chi connectivity index (χ0) is 20.6. The highest BCUT2D eigenvalue weighted by atomic mass is 35.5. The van der Waals surface area contributed by atoms with Gasteiger partial charge in [0, 0.05) is 23.0 Å². The first kappa shape index (κ1) is 22.0.